The lowest BCUT2D eigenvalue weighted by Crippen LogP contribution is -2.48. The Labute approximate surface area is 145 Å². The van der Waals surface area contributed by atoms with Crippen LogP contribution in [0.15, 0.2) is 4.99 Å². The molecular formula is C17H32N4OS. The van der Waals surface area contributed by atoms with Gasteiger partial charge in [0.15, 0.2) is 5.96 Å². The molecule has 1 atom stereocenters. The minimum absolute atomic E-state index is 0.167. The average Bonchev–Trinajstić information content (AvgIpc) is 2.59. The van der Waals surface area contributed by atoms with Crippen LogP contribution >= 0.6 is 11.8 Å². The molecule has 1 aliphatic heterocycles. The van der Waals surface area contributed by atoms with Gasteiger partial charge in [-0.2, -0.15) is 11.8 Å². The van der Waals surface area contributed by atoms with Crippen LogP contribution in [0.25, 0.3) is 0 Å². The molecule has 0 aromatic rings. The molecule has 23 heavy (non-hydrogen) atoms. The summed E-state index contributed by atoms with van der Waals surface area (Å²) in [5, 5.41) is 7.22. The molecule has 1 unspecified atom stereocenters. The first kappa shape index (κ1) is 18.4. The van der Waals surface area contributed by atoms with E-state index in [4.69, 9.17) is 0 Å². The highest BCUT2D eigenvalue weighted by atomic mass is 32.2. The van der Waals surface area contributed by atoms with Crippen LogP contribution in [0.4, 0.5) is 0 Å². The first-order chi connectivity index (χ1) is 11.2. The minimum Gasteiger partial charge on any atom is -0.356 e. The normalized spacial score (nSPS) is 23.7. The zero-order valence-electron chi connectivity index (χ0n) is 14.6. The maximum atomic E-state index is 12.0. The number of hydrogen-bond acceptors (Lipinski definition) is 3. The molecule has 0 spiro atoms. The number of carbonyl (C=O) groups is 1. The summed E-state index contributed by atoms with van der Waals surface area (Å²) in [5.41, 5.74) is 0. The molecule has 6 heteroatoms. The Bertz CT molecular complexity index is 396. The molecule has 132 valence electrons. The Morgan fingerprint density at radius 2 is 2.09 bits per heavy atom. The van der Waals surface area contributed by atoms with Crippen molar-refractivity contribution >= 4 is 23.6 Å². The van der Waals surface area contributed by atoms with Gasteiger partial charge >= 0.3 is 0 Å². The summed E-state index contributed by atoms with van der Waals surface area (Å²) in [4.78, 5) is 18.8. The molecule has 2 N–H and O–H groups in total. The minimum atomic E-state index is 0.167. The van der Waals surface area contributed by atoms with E-state index in [1.54, 1.807) is 0 Å². The highest BCUT2D eigenvalue weighted by Gasteiger charge is 2.21. The fourth-order valence-corrected chi connectivity index (χ4v) is 4.51. The van der Waals surface area contributed by atoms with Crippen LogP contribution in [0.2, 0.25) is 0 Å². The number of nitrogens with zero attached hydrogens (tertiary/aromatic N) is 2. The molecule has 2 aliphatic rings. The number of carbonyl (C=O) groups excluding carboxylic acids is 1. The highest BCUT2D eigenvalue weighted by molar-refractivity contribution is 8.00. The lowest BCUT2D eigenvalue weighted by molar-refractivity contribution is -0.121. The maximum absolute atomic E-state index is 12.0. The molecule has 2 rings (SSSR count). The largest absolute Gasteiger partial charge is 0.356 e. The van der Waals surface area contributed by atoms with Crippen molar-refractivity contribution in [2.45, 2.75) is 63.2 Å². The molecule has 1 aliphatic carbocycles. The molecule has 0 radical (unpaired) electrons. The zero-order valence-corrected chi connectivity index (χ0v) is 15.5. The topological polar surface area (TPSA) is 56.7 Å². The fourth-order valence-electron chi connectivity index (χ4n) is 3.33. The molecule has 1 saturated heterocycles. The van der Waals surface area contributed by atoms with E-state index in [0.717, 1.165) is 37.6 Å². The van der Waals surface area contributed by atoms with E-state index in [1.165, 1.54) is 25.7 Å². The number of thioether (sulfide) groups is 1. The Balaban J connectivity index is 1.67. The summed E-state index contributed by atoms with van der Waals surface area (Å²) in [7, 11) is 1.83. The molecule has 0 aromatic carbocycles. The summed E-state index contributed by atoms with van der Waals surface area (Å²) >= 11 is 2.05. The van der Waals surface area contributed by atoms with Gasteiger partial charge in [-0.25, -0.2) is 0 Å². The van der Waals surface area contributed by atoms with Crippen molar-refractivity contribution < 1.29 is 4.79 Å². The third kappa shape index (κ3) is 6.24. The number of aliphatic imine (C=N–C) groups is 1. The summed E-state index contributed by atoms with van der Waals surface area (Å²) in [6, 6.07) is 0.403. The van der Waals surface area contributed by atoms with E-state index in [0.29, 0.717) is 24.3 Å². The Hall–Kier alpha value is -0.910. The molecule has 1 saturated carbocycles. The quantitative estimate of drug-likeness (QED) is 0.595. The summed E-state index contributed by atoms with van der Waals surface area (Å²) < 4.78 is 0. The Morgan fingerprint density at radius 3 is 2.78 bits per heavy atom. The second-order valence-corrected chi connectivity index (χ2v) is 7.88. The number of guanidine groups is 1. The summed E-state index contributed by atoms with van der Waals surface area (Å²) in [6.07, 6.45) is 7.83. The second kappa shape index (κ2) is 10.1. The third-order valence-electron chi connectivity index (χ3n) is 4.71. The predicted octanol–water partition coefficient (Wildman–Crippen LogP) is 2.23. The number of hydrogen-bond donors (Lipinski definition) is 2. The van der Waals surface area contributed by atoms with Crippen molar-refractivity contribution in [3.05, 3.63) is 0 Å². The van der Waals surface area contributed by atoms with Gasteiger partial charge in [0.2, 0.25) is 5.91 Å². The van der Waals surface area contributed by atoms with Gasteiger partial charge in [0.1, 0.15) is 0 Å². The van der Waals surface area contributed by atoms with Gasteiger partial charge in [-0.3, -0.25) is 9.79 Å². The lowest BCUT2D eigenvalue weighted by atomic mass is 9.95. The average molecular weight is 341 g/mol. The van der Waals surface area contributed by atoms with Gasteiger partial charge < -0.3 is 15.5 Å². The van der Waals surface area contributed by atoms with E-state index < -0.39 is 0 Å². The van der Waals surface area contributed by atoms with Crippen LogP contribution in [-0.4, -0.2) is 60.5 Å². The van der Waals surface area contributed by atoms with Crippen molar-refractivity contribution in [3.63, 3.8) is 0 Å². The van der Waals surface area contributed by atoms with Crippen molar-refractivity contribution in [1.29, 1.82) is 0 Å². The SMILES string of the molecule is CCC1CN(C(=NC)NCCC(=O)NC2CCCCC2)CCS1. The monoisotopic (exact) mass is 340 g/mol. The molecule has 5 nitrogen and oxygen atoms in total. The molecular weight excluding hydrogens is 308 g/mol. The van der Waals surface area contributed by atoms with Crippen LogP contribution in [0.3, 0.4) is 0 Å². The molecule has 1 heterocycles. The van der Waals surface area contributed by atoms with Crippen LogP contribution in [-0.2, 0) is 4.79 Å². The van der Waals surface area contributed by atoms with E-state index >= 15 is 0 Å². The van der Waals surface area contributed by atoms with Crippen molar-refractivity contribution in [1.82, 2.24) is 15.5 Å². The van der Waals surface area contributed by atoms with Gasteiger partial charge in [-0.05, 0) is 19.3 Å². The zero-order chi connectivity index (χ0) is 16.5. The van der Waals surface area contributed by atoms with E-state index in [-0.39, 0.29) is 5.91 Å². The number of rotatable bonds is 5. The van der Waals surface area contributed by atoms with Crippen molar-refractivity contribution in [3.8, 4) is 0 Å². The maximum Gasteiger partial charge on any atom is 0.221 e. The molecule has 0 bridgehead atoms. The van der Waals surface area contributed by atoms with Gasteiger partial charge in [-0.1, -0.05) is 26.2 Å². The van der Waals surface area contributed by atoms with Crippen LogP contribution < -0.4 is 10.6 Å². The van der Waals surface area contributed by atoms with Crippen molar-refractivity contribution in [2.24, 2.45) is 4.99 Å². The standard InChI is InChI=1S/C17H32N4OS/c1-3-15-13-21(11-12-23-15)17(18-2)19-10-9-16(22)20-14-7-5-4-6-8-14/h14-15H,3-13H2,1-2H3,(H,18,19)(H,20,22). The van der Waals surface area contributed by atoms with Gasteiger partial charge in [0.05, 0.1) is 0 Å². The molecule has 0 aromatic heterocycles. The Kier molecular flexibility index (Phi) is 8.06. The van der Waals surface area contributed by atoms with E-state index in [2.05, 4.69) is 39.2 Å². The summed E-state index contributed by atoms with van der Waals surface area (Å²) in [5.74, 6) is 2.26. The van der Waals surface area contributed by atoms with E-state index in [9.17, 15) is 4.79 Å². The smallest absolute Gasteiger partial charge is 0.221 e. The van der Waals surface area contributed by atoms with Gasteiger partial charge in [0.25, 0.3) is 0 Å². The lowest BCUT2D eigenvalue weighted by Gasteiger charge is -2.34. The van der Waals surface area contributed by atoms with Crippen LogP contribution in [0.5, 0.6) is 0 Å². The predicted molar refractivity (Wildman–Crippen MR) is 99.1 cm³/mol. The summed E-state index contributed by atoms with van der Waals surface area (Å²) in [6.45, 7) is 4.99. The fraction of sp³-hybridized carbons (Fsp3) is 0.882. The van der Waals surface area contributed by atoms with E-state index in [1.807, 2.05) is 7.05 Å². The first-order valence-electron chi connectivity index (χ1n) is 9.09. The Morgan fingerprint density at radius 1 is 1.30 bits per heavy atom. The van der Waals surface area contributed by atoms with Gasteiger partial charge in [0, 0.05) is 50.1 Å². The molecule has 2 fully saturated rings. The second-order valence-electron chi connectivity index (χ2n) is 6.47. The third-order valence-corrected chi connectivity index (χ3v) is 6.08. The highest BCUT2D eigenvalue weighted by Crippen LogP contribution is 2.21. The van der Waals surface area contributed by atoms with Crippen LogP contribution in [0, 0.1) is 0 Å². The van der Waals surface area contributed by atoms with Crippen molar-refractivity contribution in [2.75, 3.05) is 32.4 Å². The van der Waals surface area contributed by atoms with Crippen LogP contribution in [0.1, 0.15) is 51.9 Å². The number of nitrogens with one attached hydrogen (secondary N) is 2. The first-order valence-corrected chi connectivity index (χ1v) is 10.1. The molecule has 1 amide bonds. The van der Waals surface area contributed by atoms with Gasteiger partial charge in [-0.15, -0.1) is 0 Å². The number of amides is 1.